The van der Waals surface area contributed by atoms with Crippen molar-refractivity contribution in [3.8, 4) is 5.75 Å². The van der Waals surface area contributed by atoms with Gasteiger partial charge in [-0.2, -0.15) is 0 Å². The third-order valence-electron chi connectivity index (χ3n) is 3.43. The fourth-order valence-electron chi connectivity index (χ4n) is 2.16. The van der Waals surface area contributed by atoms with Gasteiger partial charge in [-0.15, -0.1) is 0 Å². The standard InChI is InChI=1S/C14H19NO2/c1-11-6-8-15(9-7-11)14(17)10-12-2-4-13(16)5-3-12/h2-5,11,16H,6-10H2,1H3. The van der Waals surface area contributed by atoms with Gasteiger partial charge in [-0.3, -0.25) is 4.79 Å². The number of likely N-dealkylation sites (tertiary alicyclic amines) is 1. The lowest BCUT2D eigenvalue weighted by atomic mass is 9.98. The zero-order chi connectivity index (χ0) is 12.3. The molecule has 1 fully saturated rings. The average Bonchev–Trinajstić information content (AvgIpc) is 2.33. The second-order valence-corrected chi connectivity index (χ2v) is 4.91. The number of benzene rings is 1. The number of piperidine rings is 1. The average molecular weight is 233 g/mol. The van der Waals surface area contributed by atoms with Gasteiger partial charge in [0.15, 0.2) is 0 Å². The smallest absolute Gasteiger partial charge is 0.226 e. The Kier molecular flexibility index (Phi) is 3.67. The molecule has 1 aromatic carbocycles. The first-order chi connectivity index (χ1) is 8.15. The minimum absolute atomic E-state index is 0.197. The van der Waals surface area contributed by atoms with Crippen LogP contribution < -0.4 is 0 Å². The van der Waals surface area contributed by atoms with Crippen molar-refractivity contribution in [1.29, 1.82) is 0 Å². The molecule has 0 unspecified atom stereocenters. The number of rotatable bonds is 2. The zero-order valence-electron chi connectivity index (χ0n) is 10.2. The summed E-state index contributed by atoms with van der Waals surface area (Å²) in [5.74, 6) is 1.18. The lowest BCUT2D eigenvalue weighted by molar-refractivity contribution is -0.131. The Morgan fingerprint density at radius 2 is 1.88 bits per heavy atom. The van der Waals surface area contributed by atoms with Crippen LogP contribution >= 0.6 is 0 Å². The molecule has 1 amide bonds. The Balaban J connectivity index is 1.90. The number of phenolic OH excluding ortho intramolecular Hbond substituents is 1. The Bertz CT molecular complexity index is 378. The van der Waals surface area contributed by atoms with Crippen LogP contribution in [0.25, 0.3) is 0 Å². The van der Waals surface area contributed by atoms with E-state index in [9.17, 15) is 9.90 Å². The van der Waals surface area contributed by atoms with Crippen LogP contribution in [0.15, 0.2) is 24.3 Å². The van der Waals surface area contributed by atoms with Crippen molar-refractivity contribution in [1.82, 2.24) is 4.90 Å². The van der Waals surface area contributed by atoms with Crippen LogP contribution in [0, 0.1) is 5.92 Å². The molecule has 0 spiro atoms. The van der Waals surface area contributed by atoms with Gasteiger partial charge in [-0.25, -0.2) is 0 Å². The van der Waals surface area contributed by atoms with Gasteiger partial charge in [0.1, 0.15) is 5.75 Å². The number of hydrogen-bond donors (Lipinski definition) is 1. The second kappa shape index (κ2) is 5.21. The monoisotopic (exact) mass is 233 g/mol. The van der Waals surface area contributed by atoms with Gasteiger partial charge in [-0.1, -0.05) is 19.1 Å². The third kappa shape index (κ3) is 3.22. The number of hydrogen-bond acceptors (Lipinski definition) is 2. The molecule has 3 nitrogen and oxygen atoms in total. The van der Waals surface area contributed by atoms with Crippen LogP contribution in [-0.4, -0.2) is 29.0 Å². The minimum Gasteiger partial charge on any atom is -0.508 e. The van der Waals surface area contributed by atoms with E-state index in [4.69, 9.17) is 0 Å². The molecule has 0 aliphatic carbocycles. The highest BCUT2D eigenvalue weighted by Crippen LogP contribution is 2.17. The van der Waals surface area contributed by atoms with E-state index in [2.05, 4.69) is 6.92 Å². The Morgan fingerprint density at radius 1 is 1.29 bits per heavy atom. The van der Waals surface area contributed by atoms with Gasteiger partial charge in [0.2, 0.25) is 5.91 Å². The van der Waals surface area contributed by atoms with Crippen LogP contribution in [0.3, 0.4) is 0 Å². The summed E-state index contributed by atoms with van der Waals surface area (Å²) in [6.07, 6.45) is 2.66. The van der Waals surface area contributed by atoms with Gasteiger partial charge < -0.3 is 10.0 Å². The summed E-state index contributed by atoms with van der Waals surface area (Å²) in [4.78, 5) is 14.0. The quantitative estimate of drug-likeness (QED) is 0.850. The lowest BCUT2D eigenvalue weighted by Crippen LogP contribution is -2.38. The molecule has 2 rings (SSSR count). The second-order valence-electron chi connectivity index (χ2n) is 4.91. The van der Waals surface area contributed by atoms with E-state index in [-0.39, 0.29) is 11.7 Å². The molecule has 1 aliphatic rings. The molecule has 1 saturated heterocycles. The molecule has 1 aliphatic heterocycles. The van der Waals surface area contributed by atoms with E-state index >= 15 is 0 Å². The largest absolute Gasteiger partial charge is 0.508 e. The summed E-state index contributed by atoms with van der Waals surface area (Å²) in [6.45, 7) is 4.01. The van der Waals surface area contributed by atoms with Gasteiger partial charge in [-0.05, 0) is 36.5 Å². The maximum atomic E-state index is 12.0. The Labute approximate surface area is 102 Å². The lowest BCUT2D eigenvalue weighted by Gasteiger charge is -2.30. The summed E-state index contributed by atoms with van der Waals surface area (Å²) in [6, 6.07) is 6.86. The highest BCUT2D eigenvalue weighted by Gasteiger charge is 2.20. The van der Waals surface area contributed by atoms with E-state index in [1.165, 1.54) is 0 Å². The highest BCUT2D eigenvalue weighted by molar-refractivity contribution is 5.78. The molecular weight excluding hydrogens is 214 g/mol. The molecule has 0 radical (unpaired) electrons. The Hall–Kier alpha value is -1.51. The maximum Gasteiger partial charge on any atom is 0.226 e. The number of aromatic hydroxyl groups is 1. The van der Waals surface area contributed by atoms with Gasteiger partial charge in [0, 0.05) is 13.1 Å². The summed E-state index contributed by atoms with van der Waals surface area (Å²) in [7, 11) is 0. The maximum absolute atomic E-state index is 12.0. The molecule has 0 saturated carbocycles. The summed E-state index contributed by atoms with van der Waals surface area (Å²) >= 11 is 0. The molecule has 3 heteroatoms. The minimum atomic E-state index is 0.197. The van der Waals surface area contributed by atoms with Gasteiger partial charge in [0.25, 0.3) is 0 Å². The number of nitrogens with zero attached hydrogens (tertiary/aromatic N) is 1. The summed E-state index contributed by atoms with van der Waals surface area (Å²) in [5.41, 5.74) is 0.964. The van der Waals surface area contributed by atoms with E-state index in [0.717, 1.165) is 37.4 Å². The number of phenols is 1. The Morgan fingerprint density at radius 3 is 2.47 bits per heavy atom. The van der Waals surface area contributed by atoms with Crippen LogP contribution in [0.2, 0.25) is 0 Å². The van der Waals surface area contributed by atoms with Crippen molar-refractivity contribution in [3.05, 3.63) is 29.8 Å². The van der Waals surface area contributed by atoms with Crippen molar-refractivity contribution in [3.63, 3.8) is 0 Å². The molecule has 0 bridgehead atoms. The van der Waals surface area contributed by atoms with Gasteiger partial charge >= 0.3 is 0 Å². The molecule has 1 N–H and O–H groups in total. The third-order valence-corrected chi connectivity index (χ3v) is 3.43. The topological polar surface area (TPSA) is 40.5 Å². The first kappa shape index (κ1) is 12.0. The first-order valence-corrected chi connectivity index (χ1v) is 6.21. The molecule has 0 aromatic heterocycles. The fourth-order valence-corrected chi connectivity index (χ4v) is 2.16. The van der Waals surface area contributed by atoms with E-state index in [1.54, 1.807) is 24.3 Å². The van der Waals surface area contributed by atoms with Crippen LogP contribution in [0.1, 0.15) is 25.3 Å². The molecule has 17 heavy (non-hydrogen) atoms. The zero-order valence-corrected chi connectivity index (χ0v) is 10.2. The van der Waals surface area contributed by atoms with E-state index in [0.29, 0.717) is 6.42 Å². The molecule has 1 aromatic rings. The van der Waals surface area contributed by atoms with E-state index < -0.39 is 0 Å². The van der Waals surface area contributed by atoms with Gasteiger partial charge in [0.05, 0.1) is 6.42 Å². The van der Waals surface area contributed by atoms with Crippen LogP contribution in [-0.2, 0) is 11.2 Å². The molecular formula is C14H19NO2. The molecule has 92 valence electrons. The first-order valence-electron chi connectivity index (χ1n) is 6.21. The number of carbonyl (C=O) groups excluding carboxylic acids is 1. The van der Waals surface area contributed by atoms with Crippen molar-refractivity contribution in [2.45, 2.75) is 26.2 Å². The van der Waals surface area contributed by atoms with E-state index in [1.807, 2.05) is 4.90 Å². The highest BCUT2D eigenvalue weighted by atomic mass is 16.3. The fraction of sp³-hybridized carbons (Fsp3) is 0.500. The van der Waals surface area contributed by atoms with Crippen molar-refractivity contribution >= 4 is 5.91 Å². The predicted octanol–water partition coefficient (Wildman–Crippen LogP) is 2.19. The molecule has 0 atom stereocenters. The SMILES string of the molecule is CC1CCN(C(=O)Cc2ccc(O)cc2)CC1. The summed E-state index contributed by atoms with van der Waals surface area (Å²) in [5, 5.41) is 9.17. The number of carbonyl (C=O) groups is 1. The van der Waals surface area contributed by atoms with Crippen molar-refractivity contribution < 1.29 is 9.90 Å². The summed E-state index contributed by atoms with van der Waals surface area (Å²) < 4.78 is 0. The predicted molar refractivity (Wildman–Crippen MR) is 66.8 cm³/mol. The van der Waals surface area contributed by atoms with Crippen LogP contribution in [0.5, 0.6) is 5.75 Å². The van der Waals surface area contributed by atoms with Crippen molar-refractivity contribution in [2.24, 2.45) is 5.92 Å². The van der Waals surface area contributed by atoms with Crippen molar-refractivity contribution in [2.75, 3.05) is 13.1 Å². The molecule has 1 heterocycles. The normalized spacial score (nSPS) is 17.1. The number of amides is 1. The van der Waals surface area contributed by atoms with Crippen LogP contribution in [0.4, 0.5) is 0 Å².